The quantitative estimate of drug-likeness (QED) is 0.662. The van der Waals surface area contributed by atoms with Crippen LogP contribution in [0.4, 0.5) is 5.82 Å². The molecule has 0 spiro atoms. The minimum Gasteiger partial charge on any atom is -0.369 e. The van der Waals surface area contributed by atoms with E-state index in [1.165, 1.54) is 16.7 Å². The van der Waals surface area contributed by atoms with Gasteiger partial charge in [0.15, 0.2) is 0 Å². The van der Waals surface area contributed by atoms with Crippen molar-refractivity contribution in [3.63, 3.8) is 0 Å². The van der Waals surface area contributed by atoms with Gasteiger partial charge in [-0.05, 0) is 55.7 Å². The van der Waals surface area contributed by atoms with Gasteiger partial charge >= 0.3 is 0 Å². The molecule has 0 saturated carbocycles. The highest BCUT2D eigenvalue weighted by Crippen LogP contribution is 2.40. The molecule has 0 saturated heterocycles. The molecule has 5 heteroatoms. The van der Waals surface area contributed by atoms with E-state index < -0.39 is 0 Å². The molecule has 1 aromatic heterocycles. The average molecular weight is 358 g/mol. The molecule has 0 fully saturated rings. The van der Waals surface area contributed by atoms with Crippen molar-refractivity contribution in [3.8, 4) is 16.9 Å². The molecule has 1 aliphatic heterocycles. The number of halogens is 2. The lowest BCUT2D eigenvalue weighted by Gasteiger charge is -2.09. The predicted octanol–water partition coefficient (Wildman–Crippen LogP) is 5.43. The number of nitrogens with one attached hydrogen (secondary N) is 1. The van der Waals surface area contributed by atoms with Crippen LogP contribution < -0.4 is 5.32 Å². The number of anilines is 1. The van der Waals surface area contributed by atoms with Crippen molar-refractivity contribution in [2.45, 2.75) is 20.3 Å². The second-order valence-electron chi connectivity index (χ2n) is 6.13. The van der Waals surface area contributed by atoms with Crippen LogP contribution in [0.15, 0.2) is 36.4 Å². The SMILES string of the molecule is Cc1ccc(-n2nc(-c3c(Cl)cccc3Cl)c3c2NCC3)cc1C. The molecule has 0 aliphatic carbocycles. The Morgan fingerprint density at radius 1 is 1.04 bits per heavy atom. The highest BCUT2D eigenvalue weighted by molar-refractivity contribution is 6.39. The number of nitrogens with zero attached hydrogens (tertiary/aromatic N) is 2. The lowest BCUT2D eigenvalue weighted by molar-refractivity contribution is 0.880. The van der Waals surface area contributed by atoms with Crippen molar-refractivity contribution in [2.75, 3.05) is 11.9 Å². The summed E-state index contributed by atoms with van der Waals surface area (Å²) in [5.41, 5.74) is 6.39. The van der Waals surface area contributed by atoms with E-state index in [1.807, 2.05) is 22.9 Å². The number of benzene rings is 2. The molecular formula is C19H17Cl2N3. The van der Waals surface area contributed by atoms with Gasteiger partial charge in [-0.3, -0.25) is 0 Å². The Morgan fingerprint density at radius 2 is 1.79 bits per heavy atom. The predicted molar refractivity (Wildman–Crippen MR) is 101 cm³/mol. The van der Waals surface area contributed by atoms with Crippen LogP contribution in [-0.2, 0) is 6.42 Å². The van der Waals surface area contributed by atoms with Gasteiger partial charge in [0.2, 0.25) is 0 Å². The van der Waals surface area contributed by atoms with Crippen molar-refractivity contribution in [2.24, 2.45) is 0 Å². The minimum absolute atomic E-state index is 0.627. The summed E-state index contributed by atoms with van der Waals surface area (Å²) in [6.45, 7) is 5.12. The highest BCUT2D eigenvalue weighted by atomic mass is 35.5. The molecule has 2 heterocycles. The summed E-state index contributed by atoms with van der Waals surface area (Å²) < 4.78 is 1.96. The lowest BCUT2D eigenvalue weighted by Crippen LogP contribution is -2.04. The van der Waals surface area contributed by atoms with Gasteiger partial charge < -0.3 is 5.32 Å². The zero-order chi connectivity index (χ0) is 16.8. The van der Waals surface area contributed by atoms with Gasteiger partial charge in [-0.1, -0.05) is 35.3 Å². The Kier molecular flexibility index (Phi) is 3.78. The summed E-state index contributed by atoms with van der Waals surface area (Å²) in [5, 5.41) is 9.55. The second kappa shape index (κ2) is 5.83. The number of rotatable bonds is 2. The third kappa shape index (κ3) is 2.40. The Hall–Kier alpha value is -1.97. The Bertz CT molecular complexity index is 924. The van der Waals surface area contributed by atoms with Gasteiger partial charge in [0.25, 0.3) is 0 Å². The van der Waals surface area contributed by atoms with Gasteiger partial charge in [0.05, 0.1) is 15.7 Å². The number of hydrogen-bond donors (Lipinski definition) is 1. The zero-order valence-corrected chi connectivity index (χ0v) is 15.0. The van der Waals surface area contributed by atoms with Crippen LogP contribution in [0.5, 0.6) is 0 Å². The summed E-state index contributed by atoms with van der Waals surface area (Å²) in [4.78, 5) is 0. The average Bonchev–Trinajstić information content (AvgIpc) is 3.13. The molecule has 122 valence electrons. The van der Waals surface area contributed by atoms with E-state index in [4.69, 9.17) is 28.3 Å². The van der Waals surface area contributed by atoms with E-state index in [0.717, 1.165) is 35.7 Å². The van der Waals surface area contributed by atoms with Crippen LogP contribution in [0.25, 0.3) is 16.9 Å². The van der Waals surface area contributed by atoms with Crippen molar-refractivity contribution < 1.29 is 0 Å². The first-order valence-corrected chi connectivity index (χ1v) is 8.69. The molecule has 0 bridgehead atoms. The second-order valence-corrected chi connectivity index (χ2v) is 6.94. The third-order valence-electron chi connectivity index (χ3n) is 4.59. The van der Waals surface area contributed by atoms with Crippen LogP contribution in [0.2, 0.25) is 10.0 Å². The topological polar surface area (TPSA) is 29.9 Å². The number of fused-ring (bicyclic) bond motifs is 1. The maximum absolute atomic E-state index is 6.41. The number of aromatic nitrogens is 2. The summed E-state index contributed by atoms with van der Waals surface area (Å²) in [5.74, 6) is 1.03. The third-order valence-corrected chi connectivity index (χ3v) is 5.22. The lowest BCUT2D eigenvalue weighted by atomic mass is 10.1. The van der Waals surface area contributed by atoms with Gasteiger partial charge in [-0.2, -0.15) is 5.10 Å². The molecular weight excluding hydrogens is 341 g/mol. The van der Waals surface area contributed by atoms with Gasteiger partial charge in [0, 0.05) is 17.7 Å². The smallest absolute Gasteiger partial charge is 0.133 e. The van der Waals surface area contributed by atoms with E-state index >= 15 is 0 Å². The molecule has 0 amide bonds. The number of hydrogen-bond acceptors (Lipinski definition) is 2. The van der Waals surface area contributed by atoms with Crippen molar-refractivity contribution in [1.29, 1.82) is 0 Å². The van der Waals surface area contributed by atoms with Gasteiger partial charge in [0.1, 0.15) is 11.5 Å². The molecule has 24 heavy (non-hydrogen) atoms. The molecule has 2 aromatic carbocycles. The summed E-state index contributed by atoms with van der Waals surface area (Å²) in [7, 11) is 0. The first-order valence-electron chi connectivity index (χ1n) is 7.94. The van der Waals surface area contributed by atoms with Crippen LogP contribution >= 0.6 is 23.2 Å². The molecule has 1 aliphatic rings. The molecule has 0 atom stereocenters. The van der Waals surface area contributed by atoms with Crippen LogP contribution in [0.1, 0.15) is 16.7 Å². The first-order chi connectivity index (χ1) is 11.6. The standard InChI is InChI=1S/C19H17Cl2N3/c1-11-6-7-13(10-12(11)2)24-19-14(8-9-22-19)18(23-24)17-15(20)4-3-5-16(17)21/h3-7,10,22H,8-9H2,1-2H3. The summed E-state index contributed by atoms with van der Waals surface area (Å²) >= 11 is 12.8. The van der Waals surface area contributed by atoms with E-state index in [9.17, 15) is 0 Å². The van der Waals surface area contributed by atoms with E-state index in [2.05, 4.69) is 37.4 Å². The fourth-order valence-corrected chi connectivity index (χ4v) is 3.72. The Labute approximate surface area is 151 Å². The monoisotopic (exact) mass is 357 g/mol. The maximum Gasteiger partial charge on any atom is 0.133 e. The summed E-state index contributed by atoms with van der Waals surface area (Å²) in [6, 6.07) is 11.9. The molecule has 4 rings (SSSR count). The van der Waals surface area contributed by atoms with Crippen LogP contribution in [0, 0.1) is 13.8 Å². The van der Waals surface area contributed by atoms with Gasteiger partial charge in [-0.15, -0.1) is 0 Å². The van der Waals surface area contributed by atoms with Crippen LogP contribution in [-0.4, -0.2) is 16.3 Å². The normalized spacial score (nSPS) is 13.0. The molecule has 0 radical (unpaired) electrons. The fraction of sp³-hybridized carbons (Fsp3) is 0.211. The van der Waals surface area contributed by atoms with Crippen molar-refractivity contribution in [1.82, 2.24) is 9.78 Å². The minimum atomic E-state index is 0.627. The maximum atomic E-state index is 6.41. The molecule has 3 nitrogen and oxygen atoms in total. The highest BCUT2D eigenvalue weighted by Gasteiger charge is 2.26. The van der Waals surface area contributed by atoms with Gasteiger partial charge in [-0.25, -0.2) is 4.68 Å². The fourth-order valence-electron chi connectivity index (χ4n) is 3.14. The van der Waals surface area contributed by atoms with E-state index in [0.29, 0.717) is 10.0 Å². The molecule has 0 unspecified atom stereocenters. The first kappa shape index (κ1) is 15.6. The van der Waals surface area contributed by atoms with Crippen molar-refractivity contribution >= 4 is 29.0 Å². The number of aryl methyl sites for hydroxylation is 2. The molecule has 3 aromatic rings. The van der Waals surface area contributed by atoms with E-state index in [-0.39, 0.29) is 0 Å². The largest absolute Gasteiger partial charge is 0.369 e. The van der Waals surface area contributed by atoms with Crippen molar-refractivity contribution in [3.05, 3.63) is 63.1 Å². The van der Waals surface area contributed by atoms with E-state index in [1.54, 1.807) is 0 Å². The Morgan fingerprint density at radius 3 is 2.50 bits per heavy atom. The van der Waals surface area contributed by atoms with Crippen LogP contribution in [0.3, 0.4) is 0 Å². The molecule has 1 N–H and O–H groups in total. The summed E-state index contributed by atoms with van der Waals surface area (Å²) in [6.07, 6.45) is 0.914. The zero-order valence-electron chi connectivity index (χ0n) is 13.5. The Balaban J connectivity index is 1.94.